The van der Waals surface area contributed by atoms with Crippen molar-refractivity contribution in [3.05, 3.63) is 34.9 Å². The van der Waals surface area contributed by atoms with Crippen LogP contribution in [0.25, 0.3) is 0 Å². The van der Waals surface area contributed by atoms with Crippen LogP contribution in [0.3, 0.4) is 0 Å². The average molecular weight is 692 g/mol. The lowest BCUT2D eigenvalue weighted by atomic mass is 9.87. The van der Waals surface area contributed by atoms with E-state index in [0.29, 0.717) is 6.54 Å². The van der Waals surface area contributed by atoms with Crippen molar-refractivity contribution >= 4 is 30.2 Å². The number of nitrogens with one attached hydrogen (secondary N) is 1. The van der Waals surface area contributed by atoms with Gasteiger partial charge in [0.25, 0.3) is 0 Å². The molecule has 2 N–H and O–H groups in total. The minimum atomic E-state index is -1.11. The first kappa shape index (κ1) is 41.1. The summed E-state index contributed by atoms with van der Waals surface area (Å²) in [5.74, 6) is -1.72. The van der Waals surface area contributed by atoms with Crippen LogP contribution in [0.5, 0.6) is 0 Å². The summed E-state index contributed by atoms with van der Waals surface area (Å²) < 4.78 is 21.5. The van der Waals surface area contributed by atoms with Gasteiger partial charge in [-0.2, -0.15) is 0 Å². The monoisotopic (exact) mass is 691 g/mol. The van der Waals surface area contributed by atoms with E-state index in [0.717, 1.165) is 42.4 Å². The number of hydrogen-bond acceptors (Lipinski definition) is 9. The van der Waals surface area contributed by atoms with Crippen LogP contribution in [-0.4, -0.2) is 96.2 Å². The van der Waals surface area contributed by atoms with E-state index in [4.69, 9.17) is 18.9 Å². The lowest BCUT2D eigenvalue weighted by Gasteiger charge is -2.29. The van der Waals surface area contributed by atoms with Crippen molar-refractivity contribution in [2.75, 3.05) is 27.3 Å². The second-order valence-corrected chi connectivity index (χ2v) is 15.7. The van der Waals surface area contributed by atoms with Gasteiger partial charge in [-0.1, -0.05) is 59.2 Å². The summed E-state index contributed by atoms with van der Waals surface area (Å²) in [5, 5.41) is 11.9. The van der Waals surface area contributed by atoms with Crippen LogP contribution >= 0.6 is 0 Å². The molecule has 1 heterocycles. The smallest absolute Gasteiger partial charge is 0.411 e. The molecule has 0 unspecified atom stereocenters. The van der Waals surface area contributed by atoms with Crippen molar-refractivity contribution in [2.45, 2.75) is 125 Å². The number of hydrogen-bond donors (Lipinski definition) is 2. The van der Waals surface area contributed by atoms with Gasteiger partial charge in [-0.15, -0.1) is 0 Å². The number of carboxylic acids is 1. The maximum absolute atomic E-state index is 13.2. The summed E-state index contributed by atoms with van der Waals surface area (Å²) in [6.45, 7) is 16.9. The molecule has 13 nitrogen and oxygen atoms in total. The fraction of sp³-hybridized carbons (Fsp3) is 0.694. The minimum absolute atomic E-state index is 0.00963. The van der Waals surface area contributed by atoms with E-state index in [1.807, 2.05) is 39.0 Å². The van der Waals surface area contributed by atoms with Gasteiger partial charge in [0, 0.05) is 20.0 Å². The summed E-state index contributed by atoms with van der Waals surface area (Å²) in [6, 6.07) is 4.04. The molecule has 0 aromatic heterocycles. The zero-order chi connectivity index (χ0) is 37.3. The van der Waals surface area contributed by atoms with Gasteiger partial charge in [-0.3, -0.25) is 4.90 Å². The first-order valence-corrected chi connectivity index (χ1v) is 16.8. The fourth-order valence-corrected chi connectivity index (χ4v) is 5.58. The SMILES string of the molecule is COC(=O)[C@@H]1C[C@@H](OC(=O)N(C)Cc2c(C)cccc2CCCCC(C)(C)COC(=O)N[C@H](C(=O)O)C(C)(C)C)CN1C(=O)OC(C)(C)C. The first-order chi connectivity index (χ1) is 22.5. The first-order valence-electron chi connectivity index (χ1n) is 16.8. The molecular weight excluding hydrogens is 634 g/mol. The number of likely N-dealkylation sites (tertiary alicyclic amines) is 1. The largest absolute Gasteiger partial charge is 0.480 e. The van der Waals surface area contributed by atoms with Gasteiger partial charge in [0.1, 0.15) is 23.8 Å². The molecule has 1 aliphatic heterocycles. The van der Waals surface area contributed by atoms with Crippen molar-refractivity contribution in [3.63, 3.8) is 0 Å². The normalized spacial score (nSPS) is 17.2. The van der Waals surface area contributed by atoms with E-state index in [9.17, 15) is 29.1 Å². The number of benzene rings is 1. The van der Waals surface area contributed by atoms with Gasteiger partial charge in [0.15, 0.2) is 0 Å². The Bertz CT molecular complexity index is 1330. The third-order valence-corrected chi connectivity index (χ3v) is 8.36. The molecule has 0 aliphatic carbocycles. The molecule has 0 spiro atoms. The van der Waals surface area contributed by atoms with Crippen molar-refractivity contribution in [2.24, 2.45) is 10.8 Å². The average Bonchev–Trinajstić information content (AvgIpc) is 3.40. The van der Waals surface area contributed by atoms with Crippen LogP contribution in [0, 0.1) is 17.8 Å². The summed E-state index contributed by atoms with van der Waals surface area (Å²) in [7, 11) is 2.89. The summed E-state index contributed by atoms with van der Waals surface area (Å²) >= 11 is 0. The quantitative estimate of drug-likeness (QED) is 0.141. The lowest BCUT2D eigenvalue weighted by Crippen LogP contribution is -2.49. The number of unbranched alkanes of at least 4 members (excludes halogenated alkanes) is 1. The Hall–Kier alpha value is -4.03. The number of aliphatic carboxylic acids is 1. The summed E-state index contributed by atoms with van der Waals surface area (Å²) in [5.41, 5.74) is 1.42. The Balaban J connectivity index is 1.94. The van der Waals surface area contributed by atoms with Crippen LogP contribution in [0.15, 0.2) is 18.2 Å². The number of carboxylic acid groups (broad SMARTS) is 1. The number of esters is 1. The molecule has 1 saturated heterocycles. The van der Waals surface area contributed by atoms with E-state index in [-0.39, 0.29) is 25.0 Å². The van der Waals surface area contributed by atoms with Gasteiger partial charge >= 0.3 is 30.2 Å². The van der Waals surface area contributed by atoms with Crippen molar-refractivity contribution in [3.8, 4) is 0 Å². The zero-order valence-corrected chi connectivity index (χ0v) is 31.1. The topological polar surface area (TPSA) is 161 Å². The fourth-order valence-electron chi connectivity index (χ4n) is 5.58. The molecule has 1 aromatic rings. The number of ether oxygens (including phenoxy) is 4. The number of nitrogens with zero attached hydrogens (tertiary/aromatic N) is 2. The number of alkyl carbamates (subject to hydrolysis) is 1. The molecule has 1 aliphatic rings. The molecule has 1 fully saturated rings. The molecule has 3 amide bonds. The highest BCUT2D eigenvalue weighted by Gasteiger charge is 2.44. The van der Waals surface area contributed by atoms with Gasteiger partial charge < -0.3 is 34.3 Å². The van der Waals surface area contributed by atoms with Gasteiger partial charge in [-0.05, 0) is 74.5 Å². The summed E-state index contributed by atoms with van der Waals surface area (Å²) in [6.07, 6.45) is 0.678. The zero-order valence-electron chi connectivity index (χ0n) is 31.1. The molecule has 3 atom stereocenters. The Morgan fingerprint density at radius 2 is 1.69 bits per heavy atom. The number of methoxy groups -OCH3 is 1. The lowest BCUT2D eigenvalue weighted by molar-refractivity contribution is -0.145. The van der Waals surface area contributed by atoms with E-state index in [1.54, 1.807) is 48.6 Å². The van der Waals surface area contributed by atoms with Gasteiger partial charge in [0.2, 0.25) is 0 Å². The standard InChI is InChI=1S/C36H57N3O10/c1-23-15-14-17-24(16-12-13-18-36(8,9)22-47-31(43)37-28(29(40)41)34(2,3)4)26(23)21-38(10)32(44)48-25-19-27(30(42)46-11)39(20-25)33(45)49-35(5,6)7/h14-15,17,25,27-28H,12-13,16,18-22H2,1-11H3,(H,37,43)(H,40,41)/t25-,27+,28-/m1/s1. The predicted octanol–water partition coefficient (Wildman–Crippen LogP) is 6.08. The van der Waals surface area contributed by atoms with Gasteiger partial charge in [-0.25, -0.2) is 24.0 Å². The van der Waals surface area contributed by atoms with Crippen molar-refractivity contribution < 1.29 is 48.0 Å². The molecule has 0 bridgehead atoms. The van der Waals surface area contributed by atoms with Crippen LogP contribution < -0.4 is 5.32 Å². The van der Waals surface area contributed by atoms with Crippen LogP contribution in [0.2, 0.25) is 0 Å². The predicted molar refractivity (Wildman–Crippen MR) is 183 cm³/mol. The number of rotatable bonds is 13. The minimum Gasteiger partial charge on any atom is -0.480 e. The molecule has 2 rings (SSSR count). The Labute approximate surface area is 290 Å². The highest BCUT2D eigenvalue weighted by Crippen LogP contribution is 2.28. The highest BCUT2D eigenvalue weighted by atomic mass is 16.6. The maximum Gasteiger partial charge on any atom is 0.411 e. The van der Waals surface area contributed by atoms with E-state index >= 15 is 0 Å². The molecule has 13 heteroatoms. The number of amides is 3. The van der Waals surface area contributed by atoms with Crippen molar-refractivity contribution in [1.29, 1.82) is 0 Å². The van der Waals surface area contributed by atoms with E-state index < -0.39 is 59.4 Å². The third-order valence-electron chi connectivity index (χ3n) is 8.36. The second kappa shape index (κ2) is 17.1. The van der Waals surface area contributed by atoms with Gasteiger partial charge in [0.05, 0.1) is 20.3 Å². The highest BCUT2D eigenvalue weighted by molar-refractivity contribution is 5.82. The number of carbonyl (C=O) groups is 5. The molecule has 276 valence electrons. The molecule has 1 aromatic carbocycles. The number of carbonyl (C=O) groups excluding carboxylic acids is 4. The maximum atomic E-state index is 13.2. The summed E-state index contributed by atoms with van der Waals surface area (Å²) in [4.78, 5) is 65.0. The Kier molecular flexibility index (Phi) is 14.3. The van der Waals surface area contributed by atoms with Crippen molar-refractivity contribution in [1.82, 2.24) is 15.1 Å². The van der Waals surface area contributed by atoms with Crippen LogP contribution in [-0.2, 0) is 41.5 Å². The molecule has 0 saturated carbocycles. The second-order valence-electron chi connectivity index (χ2n) is 15.7. The van der Waals surface area contributed by atoms with Crippen LogP contribution in [0.4, 0.5) is 14.4 Å². The Morgan fingerprint density at radius 1 is 1.04 bits per heavy atom. The molecule has 0 radical (unpaired) electrons. The molecular formula is C36H57N3O10. The number of aryl methyl sites for hydroxylation is 2. The van der Waals surface area contributed by atoms with E-state index in [2.05, 4.69) is 5.32 Å². The molecule has 49 heavy (non-hydrogen) atoms. The van der Waals surface area contributed by atoms with Crippen LogP contribution in [0.1, 0.15) is 97.8 Å². The third kappa shape index (κ3) is 13.1. The Morgan fingerprint density at radius 3 is 2.27 bits per heavy atom. The van der Waals surface area contributed by atoms with E-state index in [1.165, 1.54) is 16.9 Å².